The number of nitrogens with two attached hydrogens (primary N) is 1. The van der Waals surface area contributed by atoms with Gasteiger partial charge in [-0.05, 0) is 37.9 Å². The molecule has 0 unspecified atom stereocenters. The second-order valence-electron chi connectivity index (χ2n) is 5.59. The summed E-state index contributed by atoms with van der Waals surface area (Å²) in [5.74, 6) is 0.430. The van der Waals surface area contributed by atoms with Crippen molar-refractivity contribution in [3.8, 4) is 0 Å². The van der Waals surface area contributed by atoms with Crippen LogP contribution in [-0.4, -0.2) is 68.6 Å². The van der Waals surface area contributed by atoms with Crippen LogP contribution < -0.4 is 10.6 Å². The SMILES string of the molecule is CCN(C)CCN=C(N)N1CCN(c2ccc(F)cc2)CC1.I. The molecular weight excluding hydrogens is 408 g/mol. The summed E-state index contributed by atoms with van der Waals surface area (Å²) in [6.45, 7) is 8.23. The summed E-state index contributed by atoms with van der Waals surface area (Å²) >= 11 is 0. The van der Waals surface area contributed by atoms with Crippen LogP contribution in [-0.2, 0) is 0 Å². The highest BCUT2D eigenvalue weighted by Gasteiger charge is 2.18. The molecule has 1 fully saturated rings. The van der Waals surface area contributed by atoms with Gasteiger partial charge in [0.15, 0.2) is 5.96 Å². The number of hydrogen-bond donors (Lipinski definition) is 1. The fraction of sp³-hybridized carbons (Fsp3) is 0.562. The molecule has 1 heterocycles. The van der Waals surface area contributed by atoms with Crippen LogP contribution in [0.15, 0.2) is 29.3 Å². The zero-order valence-electron chi connectivity index (χ0n) is 13.9. The molecule has 0 aromatic heterocycles. The number of hydrogen-bond acceptors (Lipinski definition) is 3. The van der Waals surface area contributed by atoms with E-state index in [1.807, 2.05) is 12.1 Å². The molecular formula is C16H27FIN5. The number of guanidine groups is 1. The summed E-state index contributed by atoms with van der Waals surface area (Å²) in [5.41, 5.74) is 7.13. The van der Waals surface area contributed by atoms with Crippen molar-refractivity contribution in [2.75, 3.05) is 57.8 Å². The first-order valence-corrected chi connectivity index (χ1v) is 7.84. The van der Waals surface area contributed by atoms with Crippen molar-refractivity contribution >= 4 is 35.6 Å². The minimum absolute atomic E-state index is 0. The summed E-state index contributed by atoms with van der Waals surface area (Å²) in [4.78, 5) is 11.0. The Bertz CT molecular complexity index is 486. The van der Waals surface area contributed by atoms with Crippen molar-refractivity contribution in [1.29, 1.82) is 0 Å². The van der Waals surface area contributed by atoms with Crippen LogP contribution in [0.25, 0.3) is 0 Å². The highest BCUT2D eigenvalue weighted by atomic mass is 127. The standard InChI is InChI=1S/C16H26FN5.HI/c1-3-20(2)9-8-19-16(18)22-12-10-21(11-13-22)15-6-4-14(17)5-7-15;/h4-7H,3,8-13H2,1-2H3,(H2,18,19);1H. The van der Waals surface area contributed by atoms with Gasteiger partial charge in [0.25, 0.3) is 0 Å². The summed E-state index contributed by atoms with van der Waals surface area (Å²) in [7, 11) is 2.08. The minimum atomic E-state index is -0.198. The molecule has 0 atom stereocenters. The number of halogens is 2. The molecule has 130 valence electrons. The maximum Gasteiger partial charge on any atom is 0.191 e. The van der Waals surface area contributed by atoms with E-state index in [1.165, 1.54) is 12.1 Å². The van der Waals surface area contributed by atoms with E-state index in [0.29, 0.717) is 5.96 Å². The van der Waals surface area contributed by atoms with Crippen LogP contribution in [0.1, 0.15) is 6.92 Å². The van der Waals surface area contributed by atoms with Gasteiger partial charge >= 0.3 is 0 Å². The Morgan fingerprint density at radius 1 is 1.22 bits per heavy atom. The predicted octanol–water partition coefficient (Wildman–Crippen LogP) is 1.83. The molecule has 2 N–H and O–H groups in total. The Labute approximate surface area is 155 Å². The van der Waals surface area contributed by atoms with E-state index in [2.05, 4.69) is 33.7 Å². The van der Waals surface area contributed by atoms with Crippen LogP contribution in [0.5, 0.6) is 0 Å². The van der Waals surface area contributed by atoms with Crippen LogP contribution >= 0.6 is 24.0 Å². The van der Waals surface area contributed by atoms with E-state index < -0.39 is 0 Å². The van der Waals surface area contributed by atoms with Crippen LogP contribution in [0.3, 0.4) is 0 Å². The smallest absolute Gasteiger partial charge is 0.191 e. The molecule has 1 aromatic carbocycles. The van der Waals surface area contributed by atoms with Gasteiger partial charge in [-0.2, -0.15) is 0 Å². The topological polar surface area (TPSA) is 48.1 Å². The Balaban J connectivity index is 0.00000264. The molecule has 23 heavy (non-hydrogen) atoms. The maximum absolute atomic E-state index is 13.0. The van der Waals surface area contributed by atoms with E-state index in [9.17, 15) is 4.39 Å². The number of benzene rings is 1. The van der Waals surface area contributed by atoms with Crippen LogP contribution in [0.4, 0.5) is 10.1 Å². The highest BCUT2D eigenvalue weighted by molar-refractivity contribution is 14.0. The number of piperazine rings is 1. The Morgan fingerprint density at radius 2 is 1.83 bits per heavy atom. The number of nitrogens with zero attached hydrogens (tertiary/aromatic N) is 4. The normalized spacial score (nSPS) is 15.7. The zero-order valence-corrected chi connectivity index (χ0v) is 16.2. The fourth-order valence-corrected chi connectivity index (χ4v) is 2.44. The van der Waals surface area contributed by atoms with Gasteiger partial charge in [0.1, 0.15) is 5.82 Å². The maximum atomic E-state index is 13.0. The first-order valence-electron chi connectivity index (χ1n) is 7.84. The third-order valence-electron chi connectivity index (χ3n) is 4.09. The van der Waals surface area contributed by atoms with Gasteiger partial charge in [0.2, 0.25) is 0 Å². The summed E-state index contributed by atoms with van der Waals surface area (Å²) < 4.78 is 13.0. The molecule has 0 saturated carbocycles. The average molecular weight is 435 g/mol. The van der Waals surface area contributed by atoms with Crippen molar-refractivity contribution in [3.63, 3.8) is 0 Å². The number of aliphatic imine (C=N–C) groups is 1. The Hall–Kier alpha value is -1.09. The summed E-state index contributed by atoms with van der Waals surface area (Å²) in [5, 5.41) is 0. The lowest BCUT2D eigenvalue weighted by molar-refractivity contribution is 0.357. The largest absolute Gasteiger partial charge is 0.370 e. The third-order valence-corrected chi connectivity index (χ3v) is 4.09. The summed E-state index contributed by atoms with van der Waals surface area (Å²) in [6.07, 6.45) is 0. The second-order valence-corrected chi connectivity index (χ2v) is 5.59. The Morgan fingerprint density at radius 3 is 2.39 bits per heavy atom. The first-order chi connectivity index (χ1) is 10.6. The number of anilines is 1. The van der Waals surface area contributed by atoms with Crippen molar-refractivity contribution in [1.82, 2.24) is 9.80 Å². The molecule has 1 aliphatic rings. The Kier molecular flexibility index (Phi) is 8.60. The van der Waals surface area contributed by atoms with E-state index >= 15 is 0 Å². The lowest BCUT2D eigenvalue weighted by atomic mass is 10.2. The summed E-state index contributed by atoms with van der Waals surface area (Å²) in [6, 6.07) is 6.65. The van der Waals surface area contributed by atoms with Gasteiger partial charge in [0.05, 0.1) is 6.54 Å². The highest BCUT2D eigenvalue weighted by Crippen LogP contribution is 2.16. The minimum Gasteiger partial charge on any atom is -0.370 e. The van der Waals surface area contributed by atoms with Crippen molar-refractivity contribution < 1.29 is 4.39 Å². The molecule has 5 nitrogen and oxygen atoms in total. The zero-order chi connectivity index (χ0) is 15.9. The van der Waals surface area contributed by atoms with Gasteiger partial charge < -0.3 is 20.4 Å². The van der Waals surface area contributed by atoms with Gasteiger partial charge in [-0.15, -0.1) is 24.0 Å². The fourth-order valence-electron chi connectivity index (χ4n) is 2.44. The molecule has 7 heteroatoms. The van der Waals surface area contributed by atoms with Gasteiger partial charge in [-0.25, -0.2) is 4.39 Å². The van der Waals surface area contributed by atoms with Crippen molar-refractivity contribution in [3.05, 3.63) is 30.1 Å². The molecule has 0 amide bonds. The molecule has 0 aliphatic carbocycles. The average Bonchev–Trinajstić information content (AvgIpc) is 2.55. The first kappa shape index (κ1) is 20.0. The van der Waals surface area contributed by atoms with Crippen LogP contribution in [0, 0.1) is 5.82 Å². The van der Waals surface area contributed by atoms with Gasteiger partial charge in [-0.1, -0.05) is 6.92 Å². The molecule has 1 saturated heterocycles. The molecule has 1 aliphatic heterocycles. The lowest BCUT2D eigenvalue weighted by Crippen LogP contribution is -2.51. The monoisotopic (exact) mass is 435 g/mol. The molecule has 0 spiro atoms. The molecule has 0 radical (unpaired) electrons. The second kappa shape index (κ2) is 9.92. The number of likely N-dealkylation sites (N-methyl/N-ethyl adjacent to an activating group) is 1. The molecule has 0 bridgehead atoms. The molecule has 2 rings (SSSR count). The van der Waals surface area contributed by atoms with Crippen molar-refractivity contribution in [2.24, 2.45) is 10.7 Å². The van der Waals surface area contributed by atoms with Crippen LogP contribution in [0.2, 0.25) is 0 Å². The number of rotatable bonds is 5. The van der Waals surface area contributed by atoms with Gasteiger partial charge in [0, 0.05) is 38.4 Å². The predicted molar refractivity (Wildman–Crippen MR) is 105 cm³/mol. The van der Waals surface area contributed by atoms with E-state index in [0.717, 1.165) is 51.5 Å². The van der Waals surface area contributed by atoms with E-state index in [4.69, 9.17) is 5.73 Å². The van der Waals surface area contributed by atoms with Crippen molar-refractivity contribution in [2.45, 2.75) is 6.92 Å². The van der Waals surface area contributed by atoms with Gasteiger partial charge in [-0.3, -0.25) is 4.99 Å². The quantitative estimate of drug-likeness (QED) is 0.436. The third kappa shape index (κ3) is 6.14. The molecule has 1 aromatic rings. The van der Waals surface area contributed by atoms with E-state index in [1.54, 1.807) is 0 Å². The van der Waals surface area contributed by atoms with E-state index in [-0.39, 0.29) is 29.8 Å². The lowest BCUT2D eigenvalue weighted by Gasteiger charge is -2.36.